The third-order valence-corrected chi connectivity index (χ3v) is 9.07. The molecule has 3 heteroatoms. The molecule has 18 heavy (non-hydrogen) atoms. The van der Waals surface area contributed by atoms with Crippen molar-refractivity contribution in [2.75, 3.05) is 0 Å². The van der Waals surface area contributed by atoms with Crippen LogP contribution in [-0.2, 0) is 9.22 Å². The number of hydrogen-bond donors (Lipinski definition) is 0. The molecule has 0 saturated carbocycles. The molecule has 0 aliphatic heterocycles. The van der Waals surface area contributed by atoms with Crippen LogP contribution in [0.25, 0.3) is 0 Å². The molecule has 0 rings (SSSR count). The fourth-order valence-corrected chi connectivity index (χ4v) is 5.16. The zero-order valence-electron chi connectivity index (χ0n) is 13.0. The molecule has 1 atom stereocenters. The van der Waals surface area contributed by atoms with E-state index in [-0.39, 0.29) is 11.9 Å². The normalized spacial score (nSPS) is 14.3. The minimum atomic E-state index is -1.67. The monoisotopic (exact) mass is 270 g/mol. The smallest absolute Gasteiger partial charge is 0.192 e. The van der Waals surface area contributed by atoms with E-state index in [0.29, 0.717) is 0 Å². The number of Topliss-reactive ketones (excluding diaryl/α,β-unsaturated/α-hetero) is 1. The Bertz CT molecular complexity index is 272. The van der Waals surface area contributed by atoms with Crippen molar-refractivity contribution in [3.8, 4) is 0 Å². The molecular weight excluding hydrogens is 240 g/mol. The highest BCUT2D eigenvalue weighted by Gasteiger charge is 2.40. The molecule has 0 saturated heterocycles. The van der Waals surface area contributed by atoms with Gasteiger partial charge in [0, 0.05) is 5.41 Å². The lowest BCUT2D eigenvalue weighted by molar-refractivity contribution is -0.129. The molecule has 0 heterocycles. The van der Waals surface area contributed by atoms with Gasteiger partial charge in [0.25, 0.3) is 0 Å². The maximum atomic E-state index is 11.8. The first kappa shape index (κ1) is 17.6. The highest BCUT2D eigenvalue weighted by Crippen LogP contribution is 2.33. The standard InChI is InChI=1S/C15H30O2Si/c1-8-12-14(15(6,7)13(5)16)17-18(9-2,10-3)11-4/h8,14H,1,9-12H2,2-7H3/t14-/m1/s1. The fraction of sp³-hybridized carbons (Fsp3) is 0.800. The van der Waals surface area contributed by atoms with Crippen LogP contribution >= 0.6 is 0 Å². The lowest BCUT2D eigenvalue weighted by Crippen LogP contribution is -2.47. The minimum Gasteiger partial charge on any atom is -0.413 e. The van der Waals surface area contributed by atoms with E-state index in [1.165, 1.54) is 0 Å². The minimum absolute atomic E-state index is 0.0287. The maximum Gasteiger partial charge on any atom is 0.192 e. The van der Waals surface area contributed by atoms with E-state index in [0.717, 1.165) is 24.6 Å². The van der Waals surface area contributed by atoms with Crippen molar-refractivity contribution in [2.24, 2.45) is 5.41 Å². The van der Waals surface area contributed by atoms with Gasteiger partial charge in [-0.1, -0.05) is 40.7 Å². The van der Waals surface area contributed by atoms with Crippen LogP contribution in [0.2, 0.25) is 18.1 Å². The van der Waals surface area contributed by atoms with Gasteiger partial charge in [0.2, 0.25) is 0 Å². The van der Waals surface area contributed by atoms with E-state index < -0.39 is 13.7 Å². The summed E-state index contributed by atoms with van der Waals surface area (Å²) in [4.78, 5) is 11.8. The molecule has 0 aliphatic rings. The molecule has 106 valence electrons. The average Bonchev–Trinajstić information content (AvgIpc) is 2.34. The lowest BCUT2D eigenvalue weighted by atomic mass is 9.81. The quantitative estimate of drug-likeness (QED) is 0.453. The summed E-state index contributed by atoms with van der Waals surface area (Å²) in [7, 11) is -1.67. The Hall–Kier alpha value is -0.413. The first-order valence-corrected chi connectivity index (χ1v) is 9.62. The van der Waals surface area contributed by atoms with Crippen LogP contribution in [0.4, 0.5) is 0 Å². The van der Waals surface area contributed by atoms with Crippen LogP contribution in [0.15, 0.2) is 12.7 Å². The molecule has 0 spiro atoms. The van der Waals surface area contributed by atoms with E-state index in [9.17, 15) is 4.79 Å². The summed E-state index contributed by atoms with van der Waals surface area (Å²) in [6, 6.07) is 3.34. The van der Waals surface area contributed by atoms with Crippen LogP contribution in [0.3, 0.4) is 0 Å². The van der Waals surface area contributed by atoms with Gasteiger partial charge in [-0.05, 0) is 31.5 Å². The number of hydrogen-bond acceptors (Lipinski definition) is 2. The molecule has 0 bridgehead atoms. The van der Waals surface area contributed by atoms with Gasteiger partial charge in [0.05, 0.1) is 6.10 Å². The Morgan fingerprint density at radius 1 is 1.28 bits per heavy atom. The first-order chi connectivity index (χ1) is 8.29. The maximum absolute atomic E-state index is 11.8. The Balaban J connectivity index is 5.13. The van der Waals surface area contributed by atoms with E-state index in [1.54, 1.807) is 6.92 Å². The number of carbonyl (C=O) groups excluding carboxylic acids is 1. The van der Waals surface area contributed by atoms with Crippen LogP contribution in [-0.4, -0.2) is 20.2 Å². The van der Waals surface area contributed by atoms with Crippen molar-refractivity contribution in [1.29, 1.82) is 0 Å². The highest BCUT2D eigenvalue weighted by atomic mass is 28.4. The zero-order valence-corrected chi connectivity index (χ0v) is 14.0. The molecule has 2 nitrogen and oxygen atoms in total. The van der Waals surface area contributed by atoms with Crippen LogP contribution in [0.5, 0.6) is 0 Å². The zero-order chi connectivity index (χ0) is 14.4. The summed E-state index contributed by atoms with van der Waals surface area (Å²) >= 11 is 0. The molecule has 0 radical (unpaired) electrons. The molecule has 0 aromatic carbocycles. The van der Waals surface area contributed by atoms with Crippen molar-refractivity contribution >= 4 is 14.1 Å². The van der Waals surface area contributed by atoms with E-state index >= 15 is 0 Å². The lowest BCUT2D eigenvalue weighted by Gasteiger charge is -2.39. The van der Waals surface area contributed by atoms with Gasteiger partial charge in [0.15, 0.2) is 8.32 Å². The molecular formula is C15H30O2Si. The van der Waals surface area contributed by atoms with Crippen LogP contribution < -0.4 is 0 Å². The number of ketones is 1. The Kier molecular flexibility index (Phi) is 7.08. The molecule has 0 unspecified atom stereocenters. The van der Waals surface area contributed by atoms with E-state index in [1.807, 2.05) is 19.9 Å². The molecule has 0 fully saturated rings. The summed E-state index contributed by atoms with van der Waals surface area (Å²) in [6.07, 6.45) is 2.59. The van der Waals surface area contributed by atoms with Crippen molar-refractivity contribution in [2.45, 2.75) is 72.2 Å². The van der Waals surface area contributed by atoms with Gasteiger partial charge < -0.3 is 4.43 Å². The Morgan fingerprint density at radius 2 is 1.72 bits per heavy atom. The SMILES string of the molecule is C=CC[C@@H](O[Si](CC)(CC)CC)C(C)(C)C(C)=O. The summed E-state index contributed by atoms with van der Waals surface area (Å²) in [6.45, 7) is 16.1. The fourth-order valence-electron chi connectivity index (χ4n) is 2.17. The summed E-state index contributed by atoms with van der Waals surface area (Å²) in [5.41, 5.74) is -0.425. The second-order valence-electron chi connectivity index (χ2n) is 5.65. The van der Waals surface area contributed by atoms with Gasteiger partial charge in [0.1, 0.15) is 5.78 Å². The third kappa shape index (κ3) is 4.06. The van der Waals surface area contributed by atoms with Gasteiger partial charge in [-0.3, -0.25) is 4.79 Å². The third-order valence-electron chi connectivity index (χ3n) is 4.42. The molecule has 0 amide bonds. The highest BCUT2D eigenvalue weighted by molar-refractivity contribution is 6.73. The second kappa shape index (κ2) is 7.24. The van der Waals surface area contributed by atoms with Gasteiger partial charge in [-0.25, -0.2) is 0 Å². The van der Waals surface area contributed by atoms with Crippen molar-refractivity contribution in [3.63, 3.8) is 0 Å². The van der Waals surface area contributed by atoms with Crippen molar-refractivity contribution in [1.82, 2.24) is 0 Å². The molecule has 0 N–H and O–H groups in total. The van der Waals surface area contributed by atoms with Crippen LogP contribution in [0, 0.1) is 5.41 Å². The van der Waals surface area contributed by atoms with Gasteiger partial charge >= 0.3 is 0 Å². The molecule has 0 aliphatic carbocycles. The number of carbonyl (C=O) groups is 1. The molecule has 0 aromatic rings. The van der Waals surface area contributed by atoms with Crippen molar-refractivity contribution in [3.05, 3.63) is 12.7 Å². The van der Waals surface area contributed by atoms with E-state index in [4.69, 9.17) is 4.43 Å². The largest absolute Gasteiger partial charge is 0.413 e. The first-order valence-electron chi connectivity index (χ1n) is 7.09. The topological polar surface area (TPSA) is 26.3 Å². The second-order valence-corrected chi connectivity index (χ2v) is 10.4. The van der Waals surface area contributed by atoms with Gasteiger partial charge in [-0.15, -0.1) is 6.58 Å². The Labute approximate surface area is 114 Å². The van der Waals surface area contributed by atoms with Crippen LogP contribution in [0.1, 0.15) is 48.0 Å². The summed E-state index contributed by atoms with van der Waals surface area (Å²) < 4.78 is 6.50. The molecule has 0 aromatic heterocycles. The van der Waals surface area contributed by atoms with Crippen molar-refractivity contribution < 1.29 is 9.22 Å². The average molecular weight is 270 g/mol. The Morgan fingerprint density at radius 3 is 2.00 bits per heavy atom. The van der Waals surface area contributed by atoms with Gasteiger partial charge in [-0.2, -0.15) is 0 Å². The predicted molar refractivity (Wildman–Crippen MR) is 81.3 cm³/mol. The van der Waals surface area contributed by atoms with E-state index in [2.05, 4.69) is 27.4 Å². The number of rotatable bonds is 9. The summed E-state index contributed by atoms with van der Waals surface area (Å²) in [5, 5.41) is 0. The summed E-state index contributed by atoms with van der Waals surface area (Å²) in [5.74, 6) is 0.195. The predicted octanol–water partition coefficient (Wildman–Crippen LogP) is 4.57.